The lowest BCUT2D eigenvalue weighted by Gasteiger charge is -2.29. The van der Waals surface area contributed by atoms with Crippen molar-refractivity contribution in [1.29, 1.82) is 0 Å². The molecular formula is C23H28N2O5. The first kappa shape index (κ1) is 22.1. The van der Waals surface area contributed by atoms with Crippen LogP contribution in [0, 0.1) is 0 Å². The number of ether oxygens (including phenoxy) is 1. The first-order chi connectivity index (χ1) is 14.3. The van der Waals surface area contributed by atoms with E-state index >= 15 is 0 Å². The lowest BCUT2D eigenvalue weighted by molar-refractivity contribution is -0.120. The Labute approximate surface area is 176 Å². The third kappa shape index (κ3) is 5.11. The quantitative estimate of drug-likeness (QED) is 0.580. The molecule has 1 aliphatic heterocycles. The Morgan fingerprint density at radius 2 is 1.97 bits per heavy atom. The standard InChI is InChI=1S/C23H28N2O5/c1-23(2,29)19(15-6-4-3-5-7-15)12-18(28)11-17-10-16-13-24-22(30-9-8-26)21(16)20(14-27)25-17/h3-7,10,19,26-27,29H,8-9,11-14H2,1-2H3/t19-/m0/s1. The molecule has 0 fully saturated rings. The van der Waals surface area contributed by atoms with E-state index < -0.39 is 5.60 Å². The molecule has 160 valence electrons. The summed E-state index contributed by atoms with van der Waals surface area (Å²) in [6, 6.07) is 11.3. The summed E-state index contributed by atoms with van der Waals surface area (Å²) in [6.45, 7) is 3.47. The molecule has 3 N–H and O–H groups in total. The van der Waals surface area contributed by atoms with Crippen LogP contribution in [0.4, 0.5) is 0 Å². The number of carbonyl (C=O) groups is 1. The minimum absolute atomic E-state index is 0.0435. The third-order valence-corrected chi connectivity index (χ3v) is 5.18. The highest BCUT2D eigenvalue weighted by atomic mass is 16.5. The van der Waals surface area contributed by atoms with Crippen molar-refractivity contribution in [3.05, 3.63) is 64.5 Å². The number of aliphatic imine (C=N–C) groups is 1. The van der Waals surface area contributed by atoms with E-state index in [0.29, 0.717) is 29.4 Å². The third-order valence-electron chi connectivity index (χ3n) is 5.18. The van der Waals surface area contributed by atoms with E-state index in [1.54, 1.807) is 13.8 Å². The molecule has 30 heavy (non-hydrogen) atoms. The van der Waals surface area contributed by atoms with Crippen LogP contribution in [-0.4, -0.2) is 50.8 Å². The number of aliphatic hydroxyl groups is 3. The van der Waals surface area contributed by atoms with Crippen LogP contribution >= 0.6 is 0 Å². The highest BCUT2D eigenvalue weighted by Crippen LogP contribution is 2.32. The Kier molecular flexibility index (Phi) is 6.97. The molecule has 2 aromatic rings. The number of benzene rings is 1. The number of hydrogen-bond donors (Lipinski definition) is 3. The van der Waals surface area contributed by atoms with Crippen LogP contribution in [0.5, 0.6) is 0 Å². The topological polar surface area (TPSA) is 112 Å². The molecule has 0 spiro atoms. The van der Waals surface area contributed by atoms with Gasteiger partial charge in [-0.25, -0.2) is 4.99 Å². The SMILES string of the molecule is CC(C)(O)[C@@H](CC(=O)Cc1cc2c(c(CO)n1)C(OCCO)=NC2)c1ccccc1. The number of fused-ring (bicyclic) bond motifs is 1. The minimum Gasteiger partial charge on any atom is -0.475 e. The van der Waals surface area contributed by atoms with Crippen molar-refractivity contribution >= 4 is 11.7 Å². The predicted octanol–water partition coefficient (Wildman–Crippen LogP) is 1.90. The van der Waals surface area contributed by atoms with E-state index in [-0.39, 0.29) is 44.4 Å². The van der Waals surface area contributed by atoms with Gasteiger partial charge in [-0.2, -0.15) is 0 Å². The molecule has 1 aromatic heterocycles. The fraction of sp³-hybridized carbons (Fsp3) is 0.435. The normalized spacial score (nSPS) is 14.2. The van der Waals surface area contributed by atoms with Gasteiger partial charge in [0, 0.05) is 24.5 Å². The van der Waals surface area contributed by atoms with Gasteiger partial charge in [0.25, 0.3) is 0 Å². The van der Waals surface area contributed by atoms with Crippen LogP contribution in [0.15, 0.2) is 41.4 Å². The molecule has 0 aliphatic carbocycles. The fourth-order valence-electron chi connectivity index (χ4n) is 3.77. The number of rotatable bonds is 9. The van der Waals surface area contributed by atoms with Crippen molar-refractivity contribution in [2.75, 3.05) is 13.2 Å². The highest BCUT2D eigenvalue weighted by Gasteiger charge is 2.31. The van der Waals surface area contributed by atoms with E-state index in [1.165, 1.54) is 0 Å². The lowest BCUT2D eigenvalue weighted by Crippen LogP contribution is -2.31. The summed E-state index contributed by atoms with van der Waals surface area (Å²) in [4.78, 5) is 21.6. The molecule has 0 amide bonds. The molecule has 1 atom stereocenters. The van der Waals surface area contributed by atoms with Gasteiger partial charge in [-0.1, -0.05) is 30.3 Å². The number of aromatic nitrogens is 1. The maximum absolute atomic E-state index is 12.9. The highest BCUT2D eigenvalue weighted by molar-refractivity contribution is 5.98. The zero-order chi connectivity index (χ0) is 21.7. The molecule has 1 aliphatic rings. The molecule has 0 bridgehead atoms. The summed E-state index contributed by atoms with van der Waals surface area (Å²) in [5.41, 5.74) is 2.31. The summed E-state index contributed by atoms with van der Waals surface area (Å²) >= 11 is 0. The summed E-state index contributed by atoms with van der Waals surface area (Å²) in [6.07, 6.45) is 0.286. The predicted molar refractivity (Wildman–Crippen MR) is 112 cm³/mol. The molecule has 0 unspecified atom stereocenters. The Morgan fingerprint density at radius 1 is 1.23 bits per heavy atom. The second-order valence-electron chi connectivity index (χ2n) is 7.98. The van der Waals surface area contributed by atoms with E-state index in [1.807, 2.05) is 36.4 Å². The number of pyridine rings is 1. The van der Waals surface area contributed by atoms with Crippen LogP contribution in [-0.2, 0) is 29.1 Å². The van der Waals surface area contributed by atoms with Gasteiger partial charge in [0.05, 0.1) is 36.6 Å². The van der Waals surface area contributed by atoms with E-state index in [9.17, 15) is 15.0 Å². The molecule has 2 heterocycles. The smallest absolute Gasteiger partial charge is 0.218 e. The van der Waals surface area contributed by atoms with Crippen molar-refractivity contribution in [2.24, 2.45) is 4.99 Å². The maximum atomic E-state index is 12.9. The monoisotopic (exact) mass is 412 g/mol. The van der Waals surface area contributed by atoms with Gasteiger partial charge in [0.15, 0.2) is 0 Å². The Hall–Kier alpha value is -2.61. The second kappa shape index (κ2) is 9.47. The van der Waals surface area contributed by atoms with Gasteiger partial charge in [-0.15, -0.1) is 0 Å². The number of hydrogen-bond acceptors (Lipinski definition) is 7. The number of carbonyl (C=O) groups excluding carboxylic acids is 1. The van der Waals surface area contributed by atoms with Crippen LogP contribution in [0.1, 0.15) is 54.3 Å². The summed E-state index contributed by atoms with van der Waals surface area (Å²) in [5, 5.41) is 29.3. The number of ketones is 1. The molecule has 1 aromatic carbocycles. The summed E-state index contributed by atoms with van der Waals surface area (Å²) < 4.78 is 5.44. The average Bonchev–Trinajstić information content (AvgIpc) is 3.12. The molecule has 7 nitrogen and oxygen atoms in total. The van der Waals surface area contributed by atoms with Crippen LogP contribution in [0.25, 0.3) is 0 Å². The minimum atomic E-state index is -1.05. The van der Waals surface area contributed by atoms with E-state index in [0.717, 1.165) is 11.1 Å². The lowest BCUT2D eigenvalue weighted by atomic mass is 9.80. The first-order valence-electron chi connectivity index (χ1n) is 10.0. The van der Waals surface area contributed by atoms with Crippen molar-refractivity contribution < 1.29 is 24.9 Å². The van der Waals surface area contributed by atoms with E-state index in [4.69, 9.17) is 9.84 Å². The number of Topliss-reactive ketones (excluding diaryl/α,β-unsaturated/α-hetero) is 1. The second-order valence-corrected chi connectivity index (χ2v) is 7.98. The molecule has 0 saturated heterocycles. The first-order valence-corrected chi connectivity index (χ1v) is 10.0. The summed E-state index contributed by atoms with van der Waals surface area (Å²) in [7, 11) is 0. The molecule has 7 heteroatoms. The molecular weight excluding hydrogens is 384 g/mol. The Balaban J connectivity index is 1.77. The van der Waals surface area contributed by atoms with Crippen LogP contribution in [0.3, 0.4) is 0 Å². The largest absolute Gasteiger partial charge is 0.475 e. The van der Waals surface area contributed by atoms with Gasteiger partial charge < -0.3 is 20.1 Å². The van der Waals surface area contributed by atoms with Crippen LogP contribution in [0.2, 0.25) is 0 Å². The summed E-state index contributed by atoms with van der Waals surface area (Å²) in [5.74, 6) is -0.0163. The van der Waals surface area contributed by atoms with Crippen molar-refractivity contribution in [3.8, 4) is 0 Å². The van der Waals surface area contributed by atoms with E-state index in [2.05, 4.69) is 9.98 Å². The zero-order valence-corrected chi connectivity index (χ0v) is 17.3. The molecule has 0 radical (unpaired) electrons. The fourth-order valence-corrected chi connectivity index (χ4v) is 3.77. The number of nitrogens with zero attached hydrogens (tertiary/aromatic N) is 2. The van der Waals surface area contributed by atoms with Gasteiger partial charge in [0.2, 0.25) is 5.90 Å². The molecule has 0 saturated carbocycles. The van der Waals surface area contributed by atoms with Gasteiger partial charge in [0.1, 0.15) is 12.4 Å². The van der Waals surface area contributed by atoms with Gasteiger partial charge in [-0.05, 0) is 31.0 Å². The molecule has 3 rings (SSSR count). The maximum Gasteiger partial charge on any atom is 0.218 e. The number of aliphatic hydroxyl groups excluding tert-OH is 2. The zero-order valence-electron chi connectivity index (χ0n) is 17.3. The Morgan fingerprint density at radius 3 is 2.60 bits per heavy atom. The Bertz CT molecular complexity index is 919. The van der Waals surface area contributed by atoms with Crippen LogP contribution < -0.4 is 0 Å². The van der Waals surface area contributed by atoms with Crippen molar-refractivity contribution in [1.82, 2.24) is 4.98 Å². The van der Waals surface area contributed by atoms with Crippen molar-refractivity contribution in [2.45, 2.75) is 51.4 Å². The average molecular weight is 412 g/mol. The van der Waals surface area contributed by atoms with Gasteiger partial charge >= 0.3 is 0 Å². The van der Waals surface area contributed by atoms with Gasteiger partial charge in [-0.3, -0.25) is 9.78 Å². The van der Waals surface area contributed by atoms with Crippen molar-refractivity contribution in [3.63, 3.8) is 0 Å².